The number of ketones is 2. The van der Waals surface area contributed by atoms with Crippen LogP contribution in [0.4, 0.5) is 0 Å². The summed E-state index contributed by atoms with van der Waals surface area (Å²) in [5, 5.41) is 0. The molecule has 4 rings (SSSR count). The summed E-state index contributed by atoms with van der Waals surface area (Å²) in [4.78, 5) is 24.4. The van der Waals surface area contributed by atoms with E-state index in [1.165, 1.54) is 32.1 Å². The monoisotopic (exact) mass is 303 g/mol. The van der Waals surface area contributed by atoms with Gasteiger partial charge in [0, 0.05) is 17.9 Å². The number of rotatable bonds is 0. The van der Waals surface area contributed by atoms with Crippen molar-refractivity contribution in [2.24, 2.45) is 40.2 Å². The predicted octanol–water partition coefficient (Wildman–Crippen LogP) is 3.10. The smallest absolute Gasteiger partial charge is 0.204 e. The first-order valence-corrected chi connectivity index (χ1v) is 9.21. The molecule has 122 valence electrons. The van der Waals surface area contributed by atoms with Crippen LogP contribution in [-0.4, -0.2) is 17.6 Å². The molecule has 4 fully saturated rings. The minimum Gasteiger partial charge on any atom is -0.327 e. The molecule has 2 N–H and O–H groups in total. The van der Waals surface area contributed by atoms with Gasteiger partial charge in [0.25, 0.3) is 0 Å². The Bertz CT molecular complexity index is 530. The van der Waals surface area contributed by atoms with Crippen molar-refractivity contribution in [2.45, 2.75) is 71.3 Å². The highest BCUT2D eigenvalue weighted by atomic mass is 16.2. The SMILES string of the molecule is C[C@]12CCCC(N)C1CC[C@@H]1[C@@H]2CC[C@]2(C)C(=O)C(=O)C[C@@H]12. The predicted molar refractivity (Wildman–Crippen MR) is 85.1 cm³/mol. The van der Waals surface area contributed by atoms with Crippen LogP contribution in [-0.2, 0) is 9.59 Å². The molecular weight excluding hydrogens is 274 g/mol. The number of hydrogen-bond donors (Lipinski definition) is 1. The fraction of sp³-hybridized carbons (Fsp3) is 0.895. The van der Waals surface area contributed by atoms with E-state index in [-0.39, 0.29) is 17.0 Å². The second-order valence-corrected chi connectivity index (χ2v) is 9.04. The molecule has 0 aliphatic heterocycles. The Morgan fingerprint density at radius 1 is 0.955 bits per heavy atom. The van der Waals surface area contributed by atoms with Crippen LogP contribution < -0.4 is 5.73 Å². The number of nitrogens with two attached hydrogens (primary N) is 1. The standard InChI is InChI=1S/C19H29NO2/c1-18-8-3-4-15(20)13(18)6-5-11-12(18)7-9-19(2)14(11)10-16(21)17(19)22/h11-15H,3-10,20H2,1-2H3/t11-,12+,13?,14+,15?,18-,19+/m1/s1. The van der Waals surface area contributed by atoms with Gasteiger partial charge in [-0.2, -0.15) is 0 Å². The quantitative estimate of drug-likeness (QED) is 0.699. The Morgan fingerprint density at radius 3 is 2.50 bits per heavy atom. The lowest BCUT2D eigenvalue weighted by Crippen LogP contribution is -2.57. The van der Waals surface area contributed by atoms with Crippen LogP contribution in [0.3, 0.4) is 0 Å². The van der Waals surface area contributed by atoms with Gasteiger partial charge in [-0.25, -0.2) is 0 Å². The van der Waals surface area contributed by atoms with Crippen molar-refractivity contribution in [3.05, 3.63) is 0 Å². The van der Waals surface area contributed by atoms with Crippen LogP contribution in [0.2, 0.25) is 0 Å². The van der Waals surface area contributed by atoms with Crippen LogP contribution >= 0.6 is 0 Å². The van der Waals surface area contributed by atoms with E-state index in [4.69, 9.17) is 5.73 Å². The Balaban J connectivity index is 1.68. The summed E-state index contributed by atoms with van der Waals surface area (Å²) in [6.45, 7) is 4.54. The molecule has 0 amide bonds. The summed E-state index contributed by atoms with van der Waals surface area (Å²) >= 11 is 0. The Morgan fingerprint density at radius 2 is 1.73 bits per heavy atom. The van der Waals surface area contributed by atoms with Gasteiger partial charge in [-0.05, 0) is 67.6 Å². The molecule has 0 aromatic carbocycles. The van der Waals surface area contributed by atoms with Gasteiger partial charge in [0.05, 0.1) is 0 Å². The Hall–Kier alpha value is -0.700. The lowest BCUT2D eigenvalue weighted by Gasteiger charge is -2.60. The highest BCUT2D eigenvalue weighted by molar-refractivity contribution is 6.41. The number of Topliss-reactive ketones (excluding diaryl/α,β-unsaturated/α-hetero) is 2. The summed E-state index contributed by atoms with van der Waals surface area (Å²) < 4.78 is 0. The molecule has 0 saturated heterocycles. The molecule has 4 saturated carbocycles. The van der Waals surface area contributed by atoms with Gasteiger partial charge in [0.2, 0.25) is 5.78 Å². The van der Waals surface area contributed by atoms with Crippen molar-refractivity contribution in [2.75, 3.05) is 0 Å². The van der Waals surface area contributed by atoms with Gasteiger partial charge in [0.15, 0.2) is 5.78 Å². The van der Waals surface area contributed by atoms with Gasteiger partial charge in [0.1, 0.15) is 0 Å². The summed E-state index contributed by atoms with van der Waals surface area (Å²) in [5.74, 6) is 2.04. The van der Waals surface area contributed by atoms with Crippen molar-refractivity contribution < 1.29 is 9.59 Å². The number of carbonyl (C=O) groups excluding carboxylic acids is 2. The minimum absolute atomic E-state index is 0.0661. The van der Waals surface area contributed by atoms with Gasteiger partial charge >= 0.3 is 0 Å². The molecule has 7 atom stereocenters. The molecule has 3 nitrogen and oxygen atoms in total. The fourth-order valence-electron chi connectivity index (χ4n) is 7.07. The first-order valence-electron chi connectivity index (χ1n) is 9.21. The zero-order valence-electron chi connectivity index (χ0n) is 13.9. The maximum atomic E-state index is 12.4. The Kier molecular flexibility index (Phi) is 3.15. The molecule has 22 heavy (non-hydrogen) atoms. The van der Waals surface area contributed by atoms with Crippen molar-refractivity contribution in [1.82, 2.24) is 0 Å². The summed E-state index contributed by atoms with van der Waals surface area (Å²) in [7, 11) is 0. The van der Waals surface area contributed by atoms with Crippen LogP contribution in [0, 0.1) is 34.5 Å². The van der Waals surface area contributed by atoms with Crippen molar-refractivity contribution >= 4 is 11.6 Å². The second kappa shape index (κ2) is 4.66. The number of hydrogen-bond acceptors (Lipinski definition) is 3. The molecule has 0 spiro atoms. The van der Waals surface area contributed by atoms with E-state index in [9.17, 15) is 9.59 Å². The average molecular weight is 303 g/mol. The largest absolute Gasteiger partial charge is 0.327 e. The fourth-order valence-corrected chi connectivity index (χ4v) is 7.07. The minimum atomic E-state index is -0.349. The van der Waals surface area contributed by atoms with Crippen LogP contribution in [0.1, 0.15) is 65.2 Å². The summed E-state index contributed by atoms with van der Waals surface area (Å²) in [6, 6.07) is 0.361. The van der Waals surface area contributed by atoms with E-state index in [1.54, 1.807) is 0 Å². The van der Waals surface area contributed by atoms with Crippen molar-refractivity contribution in [3.8, 4) is 0 Å². The molecule has 0 aromatic heterocycles. The number of carbonyl (C=O) groups is 2. The molecule has 0 bridgehead atoms. The van der Waals surface area contributed by atoms with Crippen molar-refractivity contribution in [1.29, 1.82) is 0 Å². The average Bonchev–Trinajstić information content (AvgIpc) is 2.71. The zero-order valence-corrected chi connectivity index (χ0v) is 13.9. The first kappa shape index (κ1) is 14.9. The lowest BCUT2D eigenvalue weighted by atomic mass is 9.45. The number of fused-ring (bicyclic) bond motifs is 5. The molecule has 2 unspecified atom stereocenters. The normalized spacial score (nSPS) is 54.6. The topological polar surface area (TPSA) is 60.2 Å². The third kappa shape index (κ3) is 1.72. The van der Waals surface area contributed by atoms with Gasteiger partial charge in [-0.3, -0.25) is 9.59 Å². The van der Waals surface area contributed by atoms with Crippen molar-refractivity contribution in [3.63, 3.8) is 0 Å². The summed E-state index contributed by atoms with van der Waals surface area (Å²) in [5.41, 5.74) is 6.46. The zero-order chi connectivity index (χ0) is 15.7. The molecule has 0 heterocycles. The maximum absolute atomic E-state index is 12.4. The van der Waals surface area contributed by atoms with Crippen LogP contribution in [0.5, 0.6) is 0 Å². The lowest BCUT2D eigenvalue weighted by molar-refractivity contribution is -0.144. The summed E-state index contributed by atoms with van der Waals surface area (Å²) in [6.07, 6.45) is 8.65. The molecular formula is C19H29NO2. The molecule has 4 aliphatic rings. The third-order valence-electron chi connectivity index (χ3n) is 8.28. The first-order chi connectivity index (χ1) is 10.4. The van der Waals surface area contributed by atoms with Crippen LogP contribution in [0.25, 0.3) is 0 Å². The highest BCUT2D eigenvalue weighted by Gasteiger charge is 2.62. The van der Waals surface area contributed by atoms with E-state index < -0.39 is 0 Å². The molecule has 0 aromatic rings. The van der Waals surface area contributed by atoms with E-state index >= 15 is 0 Å². The van der Waals surface area contributed by atoms with Gasteiger partial charge in [-0.15, -0.1) is 0 Å². The van der Waals surface area contributed by atoms with E-state index in [0.717, 1.165) is 12.8 Å². The third-order valence-corrected chi connectivity index (χ3v) is 8.28. The Labute approximate surface area is 133 Å². The van der Waals surface area contributed by atoms with Crippen LogP contribution in [0.15, 0.2) is 0 Å². The van der Waals surface area contributed by atoms with E-state index in [1.807, 2.05) is 0 Å². The maximum Gasteiger partial charge on any atom is 0.204 e. The molecule has 3 heteroatoms. The second-order valence-electron chi connectivity index (χ2n) is 9.04. The van der Waals surface area contributed by atoms with E-state index in [0.29, 0.717) is 41.5 Å². The molecule has 0 radical (unpaired) electrons. The van der Waals surface area contributed by atoms with E-state index in [2.05, 4.69) is 13.8 Å². The van der Waals surface area contributed by atoms with Gasteiger partial charge < -0.3 is 5.73 Å². The van der Waals surface area contributed by atoms with Gasteiger partial charge in [-0.1, -0.05) is 20.3 Å². The molecule has 4 aliphatic carbocycles. The highest BCUT2D eigenvalue weighted by Crippen LogP contribution is 2.64.